The van der Waals surface area contributed by atoms with Gasteiger partial charge in [-0.15, -0.1) is 0 Å². The minimum absolute atomic E-state index is 0.0475. The molecule has 1 rings (SSSR count). The molecular weight excluding hydrogens is 246 g/mol. The molecule has 5 heteroatoms. The first-order valence-electron chi connectivity index (χ1n) is 6.22. The largest absolute Gasteiger partial charge is 0.481 e. The van der Waals surface area contributed by atoms with E-state index in [1.165, 1.54) is 0 Å². The molecule has 0 aliphatic carbocycles. The zero-order valence-corrected chi connectivity index (χ0v) is 10.9. The molecule has 1 amide bonds. The number of rotatable bonds is 7. The maximum Gasteiger partial charge on any atom is 0.303 e. The summed E-state index contributed by atoms with van der Waals surface area (Å²) >= 11 is 0. The maximum absolute atomic E-state index is 11.8. The van der Waals surface area contributed by atoms with Gasteiger partial charge in [-0.05, 0) is 30.0 Å². The minimum Gasteiger partial charge on any atom is -0.481 e. The van der Waals surface area contributed by atoms with E-state index >= 15 is 0 Å². The summed E-state index contributed by atoms with van der Waals surface area (Å²) in [5.74, 6) is -0.888. The van der Waals surface area contributed by atoms with Crippen LogP contribution in [0.25, 0.3) is 0 Å². The van der Waals surface area contributed by atoms with Crippen molar-refractivity contribution in [3.05, 3.63) is 35.4 Å². The van der Waals surface area contributed by atoms with E-state index < -0.39 is 5.97 Å². The van der Waals surface area contributed by atoms with E-state index in [9.17, 15) is 9.59 Å². The number of carbonyl (C=O) groups excluding carboxylic acids is 1. The fraction of sp³-hybridized carbons (Fsp3) is 0.429. The summed E-state index contributed by atoms with van der Waals surface area (Å²) in [5.41, 5.74) is 1.29. The first-order chi connectivity index (χ1) is 9.02. The number of hydrogen-bond acceptors (Lipinski definition) is 3. The van der Waals surface area contributed by atoms with E-state index in [-0.39, 0.29) is 24.9 Å². The second-order valence-electron chi connectivity index (χ2n) is 4.60. The van der Waals surface area contributed by atoms with Gasteiger partial charge in [-0.2, -0.15) is 0 Å². The average Bonchev–Trinajstić information content (AvgIpc) is 2.42. The molecule has 0 saturated carbocycles. The fourth-order valence-electron chi connectivity index (χ4n) is 1.60. The van der Waals surface area contributed by atoms with Crippen molar-refractivity contribution in [1.82, 2.24) is 5.32 Å². The standard InChI is InChI=1S/C14H19NO4/c1-10(2-7-13(17)18)8-15-14(19)12-5-3-11(9-16)4-6-12/h3-6,10,16H,2,7-9H2,1H3,(H,15,19)(H,17,18). The van der Waals surface area contributed by atoms with Crippen molar-refractivity contribution >= 4 is 11.9 Å². The Balaban J connectivity index is 2.39. The second-order valence-corrected chi connectivity index (χ2v) is 4.60. The summed E-state index contributed by atoms with van der Waals surface area (Å²) in [6.07, 6.45) is 0.654. The van der Waals surface area contributed by atoms with Gasteiger partial charge in [0.05, 0.1) is 6.61 Å². The molecule has 0 radical (unpaired) electrons. The number of carboxylic acids is 1. The number of aliphatic hydroxyl groups excluding tert-OH is 1. The van der Waals surface area contributed by atoms with E-state index in [0.29, 0.717) is 18.5 Å². The van der Waals surface area contributed by atoms with E-state index in [1.807, 2.05) is 6.92 Å². The van der Waals surface area contributed by atoms with Crippen LogP contribution in [-0.4, -0.2) is 28.6 Å². The number of benzene rings is 1. The first kappa shape index (κ1) is 15.2. The summed E-state index contributed by atoms with van der Waals surface area (Å²) in [5, 5.41) is 20.2. The third-order valence-electron chi connectivity index (χ3n) is 2.86. The lowest BCUT2D eigenvalue weighted by Crippen LogP contribution is -2.28. The van der Waals surface area contributed by atoms with Crippen LogP contribution in [0.3, 0.4) is 0 Å². The number of carboxylic acid groups (broad SMARTS) is 1. The predicted octanol–water partition coefficient (Wildman–Crippen LogP) is 1.41. The first-order valence-corrected chi connectivity index (χ1v) is 6.22. The van der Waals surface area contributed by atoms with Gasteiger partial charge in [0.15, 0.2) is 0 Å². The quantitative estimate of drug-likeness (QED) is 0.695. The SMILES string of the molecule is CC(CCC(=O)O)CNC(=O)c1ccc(CO)cc1. The molecule has 1 unspecified atom stereocenters. The predicted molar refractivity (Wildman–Crippen MR) is 70.7 cm³/mol. The monoisotopic (exact) mass is 265 g/mol. The molecule has 0 bridgehead atoms. The van der Waals surface area contributed by atoms with Crippen LogP contribution in [0.1, 0.15) is 35.7 Å². The number of aliphatic hydroxyl groups is 1. The Morgan fingerprint density at radius 1 is 1.26 bits per heavy atom. The van der Waals surface area contributed by atoms with Gasteiger partial charge >= 0.3 is 5.97 Å². The Bertz CT molecular complexity index is 428. The van der Waals surface area contributed by atoms with Crippen LogP contribution < -0.4 is 5.32 Å². The fourth-order valence-corrected chi connectivity index (χ4v) is 1.60. The molecule has 5 nitrogen and oxygen atoms in total. The number of aliphatic carboxylic acids is 1. The van der Waals surface area contributed by atoms with E-state index in [2.05, 4.69) is 5.32 Å². The van der Waals surface area contributed by atoms with Crippen molar-refractivity contribution < 1.29 is 19.8 Å². The van der Waals surface area contributed by atoms with E-state index in [0.717, 1.165) is 5.56 Å². The lowest BCUT2D eigenvalue weighted by molar-refractivity contribution is -0.137. The van der Waals surface area contributed by atoms with Gasteiger partial charge in [-0.3, -0.25) is 9.59 Å². The van der Waals surface area contributed by atoms with Gasteiger partial charge in [0, 0.05) is 18.5 Å². The summed E-state index contributed by atoms with van der Waals surface area (Å²) in [6.45, 7) is 2.31. The van der Waals surface area contributed by atoms with Gasteiger partial charge < -0.3 is 15.5 Å². The molecule has 0 fully saturated rings. The van der Waals surface area contributed by atoms with Crippen molar-refractivity contribution in [2.45, 2.75) is 26.4 Å². The van der Waals surface area contributed by atoms with Gasteiger partial charge in [0.2, 0.25) is 0 Å². The topological polar surface area (TPSA) is 86.6 Å². The Kier molecular flexibility index (Phi) is 6.02. The maximum atomic E-state index is 11.8. The van der Waals surface area contributed by atoms with E-state index in [1.54, 1.807) is 24.3 Å². The lowest BCUT2D eigenvalue weighted by atomic mass is 10.1. The smallest absolute Gasteiger partial charge is 0.303 e. The molecular formula is C14H19NO4. The Hall–Kier alpha value is -1.88. The Morgan fingerprint density at radius 2 is 1.89 bits per heavy atom. The highest BCUT2D eigenvalue weighted by molar-refractivity contribution is 5.94. The number of nitrogens with one attached hydrogen (secondary N) is 1. The molecule has 0 aromatic heterocycles. The molecule has 104 valence electrons. The molecule has 19 heavy (non-hydrogen) atoms. The van der Waals surface area contributed by atoms with Crippen LogP contribution >= 0.6 is 0 Å². The molecule has 1 aromatic carbocycles. The van der Waals surface area contributed by atoms with Crippen LogP contribution in [0.2, 0.25) is 0 Å². The molecule has 0 aliphatic heterocycles. The number of amides is 1. The van der Waals surface area contributed by atoms with Crippen molar-refractivity contribution in [3.63, 3.8) is 0 Å². The van der Waals surface area contributed by atoms with Crippen molar-refractivity contribution in [1.29, 1.82) is 0 Å². The van der Waals surface area contributed by atoms with Crippen LogP contribution in [0, 0.1) is 5.92 Å². The molecule has 0 aliphatic rings. The van der Waals surface area contributed by atoms with Crippen molar-refractivity contribution in [3.8, 4) is 0 Å². The summed E-state index contributed by atoms with van der Waals surface area (Å²) in [4.78, 5) is 22.2. The minimum atomic E-state index is -0.822. The molecule has 0 spiro atoms. The van der Waals surface area contributed by atoms with Crippen LogP contribution in [0.15, 0.2) is 24.3 Å². The normalized spacial score (nSPS) is 11.9. The highest BCUT2D eigenvalue weighted by Gasteiger charge is 2.09. The van der Waals surface area contributed by atoms with Gasteiger partial charge in [-0.25, -0.2) is 0 Å². The third kappa shape index (κ3) is 5.52. The third-order valence-corrected chi connectivity index (χ3v) is 2.86. The van der Waals surface area contributed by atoms with Crippen molar-refractivity contribution in [2.75, 3.05) is 6.54 Å². The van der Waals surface area contributed by atoms with Crippen molar-refractivity contribution in [2.24, 2.45) is 5.92 Å². The van der Waals surface area contributed by atoms with Gasteiger partial charge in [-0.1, -0.05) is 19.1 Å². The van der Waals surface area contributed by atoms with Crippen LogP contribution in [0.4, 0.5) is 0 Å². The summed E-state index contributed by atoms with van der Waals surface area (Å²) in [6, 6.07) is 6.71. The Labute approximate surface area is 112 Å². The van der Waals surface area contributed by atoms with E-state index in [4.69, 9.17) is 10.2 Å². The molecule has 3 N–H and O–H groups in total. The Morgan fingerprint density at radius 3 is 2.42 bits per heavy atom. The number of hydrogen-bond donors (Lipinski definition) is 3. The van der Waals surface area contributed by atoms with Gasteiger partial charge in [0.25, 0.3) is 5.91 Å². The highest BCUT2D eigenvalue weighted by Crippen LogP contribution is 2.06. The van der Waals surface area contributed by atoms with Crippen LogP contribution in [0.5, 0.6) is 0 Å². The number of carbonyl (C=O) groups is 2. The summed E-state index contributed by atoms with van der Waals surface area (Å²) in [7, 11) is 0. The van der Waals surface area contributed by atoms with Crippen LogP contribution in [-0.2, 0) is 11.4 Å². The lowest BCUT2D eigenvalue weighted by Gasteiger charge is -2.11. The summed E-state index contributed by atoms with van der Waals surface area (Å²) < 4.78 is 0. The molecule has 1 atom stereocenters. The second kappa shape index (κ2) is 7.53. The van der Waals surface area contributed by atoms with Gasteiger partial charge in [0.1, 0.15) is 0 Å². The highest BCUT2D eigenvalue weighted by atomic mass is 16.4. The molecule has 0 heterocycles. The zero-order chi connectivity index (χ0) is 14.3. The molecule has 1 aromatic rings. The average molecular weight is 265 g/mol. The zero-order valence-electron chi connectivity index (χ0n) is 10.9. The molecule has 0 saturated heterocycles.